The van der Waals surface area contributed by atoms with Crippen LogP contribution < -0.4 is 5.32 Å². The van der Waals surface area contributed by atoms with Gasteiger partial charge in [0, 0.05) is 18.2 Å². The molecule has 0 radical (unpaired) electrons. The lowest BCUT2D eigenvalue weighted by atomic mass is 9.98. The third kappa shape index (κ3) is 3.50. The van der Waals surface area contributed by atoms with Gasteiger partial charge in [-0.15, -0.1) is 0 Å². The van der Waals surface area contributed by atoms with Gasteiger partial charge < -0.3 is 5.32 Å². The van der Waals surface area contributed by atoms with Crippen molar-refractivity contribution in [2.75, 3.05) is 11.6 Å². The molecule has 1 aliphatic heterocycles. The van der Waals surface area contributed by atoms with Crippen LogP contribution in [0.4, 0.5) is 21.7 Å². The van der Waals surface area contributed by atoms with E-state index in [4.69, 9.17) is 0 Å². The summed E-state index contributed by atoms with van der Waals surface area (Å²) in [6, 6.07) is 11.4. The second-order valence-electron chi connectivity index (χ2n) is 6.65. The number of nitrogens with one attached hydrogen (secondary N) is 1. The van der Waals surface area contributed by atoms with Gasteiger partial charge in [0.1, 0.15) is 11.5 Å². The molecule has 0 bridgehead atoms. The first-order valence-electron chi connectivity index (χ1n) is 8.55. The zero-order valence-electron chi connectivity index (χ0n) is 15.2. The molecule has 0 aliphatic carbocycles. The Morgan fingerprint density at radius 3 is 2.54 bits per heavy atom. The summed E-state index contributed by atoms with van der Waals surface area (Å²) in [6.07, 6.45) is 4.57. The van der Waals surface area contributed by atoms with Gasteiger partial charge in [0.2, 0.25) is 5.95 Å². The van der Waals surface area contributed by atoms with E-state index >= 15 is 0 Å². The predicted octanol–water partition coefficient (Wildman–Crippen LogP) is 3.92. The van der Waals surface area contributed by atoms with Crippen LogP contribution in [0.1, 0.15) is 22.7 Å². The fourth-order valence-corrected chi connectivity index (χ4v) is 3.65. The molecule has 2 heterocycles. The number of halogens is 1. The van der Waals surface area contributed by atoms with Crippen molar-refractivity contribution in [1.82, 2.24) is 9.97 Å². The van der Waals surface area contributed by atoms with Gasteiger partial charge in [0.05, 0.1) is 22.7 Å². The maximum absolute atomic E-state index is 13.4. The highest BCUT2D eigenvalue weighted by atomic mass is 32.2. The molecule has 4 rings (SSSR count). The largest absolute Gasteiger partial charge is 0.324 e. The fraction of sp³-hybridized carbons (Fsp3) is 0.150. The SMILES string of the molecule is Cc1cc(Nc2ncc3c(n2)C(c2ccc(S(C)(=O)=O)cc2)C=N3)ccc1F. The van der Waals surface area contributed by atoms with Gasteiger partial charge in [0.15, 0.2) is 9.84 Å². The summed E-state index contributed by atoms with van der Waals surface area (Å²) in [5.74, 6) is -0.0819. The van der Waals surface area contributed by atoms with Gasteiger partial charge in [-0.25, -0.2) is 22.8 Å². The molecule has 1 unspecified atom stereocenters. The number of rotatable bonds is 4. The molecular weight excluding hydrogens is 379 g/mol. The quantitative estimate of drug-likeness (QED) is 0.723. The van der Waals surface area contributed by atoms with Gasteiger partial charge in [-0.1, -0.05) is 12.1 Å². The number of anilines is 2. The van der Waals surface area contributed by atoms with Crippen molar-refractivity contribution >= 4 is 33.4 Å². The molecule has 1 N–H and O–H groups in total. The molecule has 1 atom stereocenters. The molecule has 0 amide bonds. The predicted molar refractivity (Wildman–Crippen MR) is 106 cm³/mol. The minimum absolute atomic E-state index is 0.192. The summed E-state index contributed by atoms with van der Waals surface area (Å²) >= 11 is 0. The molecule has 0 saturated carbocycles. The van der Waals surface area contributed by atoms with E-state index in [1.807, 2.05) is 0 Å². The van der Waals surface area contributed by atoms with E-state index in [1.54, 1.807) is 55.7 Å². The highest BCUT2D eigenvalue weighted by Crippen LogP contribution is 2.35. The molecule has 28 heavy (non-hydrogen) atoms. The summed E-state index contributed by atoms with van der Waals surface area (Å²) in [7, 11) is -3.25. The Bertz CT molecular complexity index is 1190. The van der Waals surface area contributed by atoms with Crippen LogP contribution in [0.2, 0.25) is 0 Å². The Kier molecular flexibility index (Phi) is 4.43. The van der Waals surface area contributed by atoms with Crippen molar-refractivity contribution in [3.8, 4) is 0 Å². The van der Waals surface area contributed by atoms with Crippen molar-refractivity contribution in [2.24, 2.45) is 4.99 Å². The number of nitrogens with zero attached hydrogens (tertiary/aromatic N) is 3. The normalized spacial score (nSPS) is 15.5. The number of aromatic nitrogens is 2. The second kappa shape index (κ2) is 6.79. The molecule has 1 aromatic heterocycles. The van der Waals surface area contributed by atoms with Crippen molar-refractivity contribution in [1.29, 1.82) is 0 Å². The van der Waals surface area contributed by atoms with Gasteiger partial charge >= 0.3 is 0 Å². The van der Waals surface area contributed by atoms with Crippen LogP contribution >= 0.6 is 0 Å². The highest BCUT2D eigenvalue weighted by molar-refractivity contribution is 7.90. The van der Waals surface area contributed by atoms with E-state index in [2.05, 4.69) is 20.3 Å². The van der Waals surface area contributed by atoms with E-state index in [-0.39, 0.29) is 16.6 Å². The first-order valence-corrected chi connectivity index (χ1v) is 10.4. The molecule has 2 aromatic carbocycles. The van der Waals surface area contributed by atoms with Crippen LogP contribution in [0.15, 0.2) is 58.5 Å². The molecular formula is C20H17FN4O2S. The minimum Gasteiger partial charge on any atom is -0.324 e. The third-order valence-electron chi connectivity index (χ3n) is 4.54. The van der Waals surface area contributed by atoms with E-state index in [1.165, 1.54) is 12.3 Å². The number of hydrogen-bond donors (Lipinski definition) is 1. The summed E-state index contributed by atoms with van der Waals surface area (Å²) in [5, 5.41) is 3.08. The lowest BCUT2D eigenvalue weighted by molar-refractivity contribution is 0.602. The van der Waals surface area contributed by atoms with Crippen LogP contribution in [-0.2, 0) is 9.84 Å². The lowest BCUT2D eigenvalue weighted by Crippen LogP contribution is -2.05. The lowest BCUT2D eigenvalue weighted by Gasteiger charge is -2.12. The molecule has 8 heteroatoms. The Hall–Kier alpha value is -3.13. The minimum atomic E-state index is -3.25. The molecule has 6 nitrogen and oxygen atoms in total. The van der Waals surface area contributed by atoms with E-state index in [0.717, 1.165) is 11.3 Å². The molecule has 0 fully saturated rings. The molecule has 1 aliphatic rings. The summed E-state index contributed by atoms with van der Waals surface area (Å²) < 4.78 is 36.7. The van der Waals surface area contributed by atoms with Gasteiger partial charge in [-0.2, -0.15) is 0 Å². The number of aryl methyl sites for hydroxylation is 1. The monoisotopic (exact) mass is 396 g/mol. The fourth-order valence-electron chi connectivity index (χ4n) is 3.02. The topological polar surface area (TPSA) is 84.3 Å². The van der Waals surface area contributed by atoms with E-state index < -0.39 is 9.84 Å². The Labute approximate surface area is 162 Å². The number of benzene rings is 2. The van der Waals surface area contributed by atoms with Gasteiger partial charge in [-0.3, -0.25) is 4.99 Å². The van der Waals surface area contributed by atoms with Crippen molar-refractivity contribution in [2.45, 2.75) is 17.7 Å². The number of sulfone groups is 1. The molecule has 142 valence electrons. The Morgan fingerprint density at radius 1 is 1.11 bits per heavy atom. The maximum Gasteiger partial charge on any atom is 0.227 e. The highest BCUT2D eigenvalue weighted by Gasteiger charge is 2.24. The molecule has 0 spiro atoms. The number of hydrogen-bond acceptors (Lipinski definition) is 6. The van der Waals surface area contributed by atoms with Crippen LogP contribution in [0.3, 0.4) is 0 Å². The first kappa shape index (κ1) is 18.2. The number of fused-ring (bicyclic) bond motifs is 1. The van der Waals surface area contributed by atoms with Crippen molar-refractivity contribution in [3.05, 3.63) is 71.3 Å². The standard InChI is InChI=1S/C20H17FN4O2S/c1-12-9-14(5-8-17(12)21)24-20-23-11-18-19(25-20)16(10-22-18)13-3-6-15(7-4-13)28(2,26)27/h3-11,16H,1-2H3,(H,23,24,25). The number of aliphatic imine (C=N–C) groups is 1. The Balaban J connectivity index is 1.63. The van der Waals surface area contributed by atoms with E-state index in [0.29, 0.717) is 22.9 Å². The van der Waals surface area contributed by atoms with Crippen LogP contribution in [-0.4, -0.2) is 30.9 Å². The second-order valence-corrected chi connectivity index (χ2v) is 8.67. The zero-order chi connectivity index (χ0) is 19.9. The Morgan fingerprint density at radius 2 is 1.86 bits per heavy atom. The smallest absolute Gasteiger partial charge is 0.227 e. The van der Waals surface area contributed by atoms with Gasteiger partial charge in [-0.05, 0) is 48.4 Å². The van der Waals surface area contributed by atoms with Gasteiger partial charge in [0.25, 0.3) is 0 Å². The maximum atomic E-state index is 13.4. The summed E-state index contributed by atoms with van der Waals surface area (Å²) in [6.45, 7) is 1.69. The van der Waals surface area contributed by atoms with Crippen LogP contribution in [0.25, 0.3) is 0 Å². The van der Waals surface area contributed by atoms with Crippen LogP contribution in [0.5, 0.6) is 0 Å². The first-order chi connectivity index (χ1) is 13.3. The van der Waals surface area contributed by atoms with Crippen LogP contribution in [0, 0.1) is 12.7 Å². The molecule has 0 saturated heterocycles. The average molecular weight is 396 g/mol. The van der Waals surface area contributed by atoms with E-state index in [9.17, 15) is 12.8 Å². The van der Waals surface area contributed by atoms with Crippen molar-refractivity contribution in [3.63, 3.8) is 0 Å². The zero-order valence-corrected chi connectivity index (χ0v) is 16.0. The molecule has 3 aromatic rings. The summed E-state index contributed by atoms with van der Waals surface area (Å²) in [5.41, 5.74) is 3.49. The third-order valence-corrected chi connectivity index (χ3v) is 5.67. The summed E-state index contributed by atoms with van der Waals surface area (Å²) in [4.78, 5) is 13.5. The average Bonchev–Trinajstić information content (AvgIpc) is 3.07. The van der Waals surface area contributed by atoms with Crippen molar-refractivity contribution < 1.29 is 12.8 Å².